The lowest BCUT2D eigenvalue weighted by Gasteiger charge is -2.36. The van der Waals surface area contributed by atoms with Crippen molar-refractivity contribution in [2.45, 2.75) is 12.8 Å². The first-order valence-electron chi connectivity index (χ1n) is 6.95. The molecule has 0 aromatic carbocycles. The van der Waals surface area contributed by atoms with Crippen molar-refractivity contribution in [3.05, 3.63) is 23.9 Å². The zero-order valence-electron chi connectivity index (χ0n) is 11.3. The van der Waals surface area contributed by atoms with E-state index in [4.69, 9.17) is 5.73 Å². The molecule has 0 bridgehead atoms. The first-order chi connectivity index (χ1) is 9.66. The molecule has 1 aliphatic heterocycles. The van der Waals surface area contributed by atoms with Gasteiger partial charge in [0.2, 0.25) is 5.91 Å². The van der Waals surface area contributed by atoms with E-state index in [1.807, 2.05) is 9.80 Å². The van der Waals surface area contributed by atoms with E-state index in [1.165, 1.54) is 0 Å². The number of carbonyl (C=O) groups is 2. The van der Waals surface area contributed by atoms with Crippen LogP contribution in [0.1, 0.15) is 23.2 Å². The van der Waals surface area contributed by atoms with E-state index in [0.717, 1.165) is 12.8 Å². The largest absolute Gasteiger partial charge is 0.365 e. The van der Waals surface area contributed by atoms with Crippen LogP contribution in [0.4, 0.5) is 5.82 Å². The van der Waals surface area contributed by atoms with Crippen molar-refractivity contribution in [3.8, 4) is 0 Å². The molecule has 2 fully saturated rings. The van der Waals surface area contributed by atoms with Crippen LogP contribution in [0.3, 0.4) is 0 Å². The molecule has 1 saturated heterocycles. The molecule has 0 radical (unpaired) electrons. The maximum absolute atomic E-state index is 12.0. The number of rotatable bonds is 3. The summed E-state index contributed by atoms with van der Waals surface area (Å²) in [7, 11) is 0. The summed E-state index contributed by atoms with van der Waals surface area (Å²) in [6.07, 6.45) is 3.72. The Morgan fingerprint density at radius 3 is 2.50 bits per heavy atom. The van der Waals surface area contributed by atoms with Gasteiger partial charge in [0.1, 0.15) is 5.82 Å². The summed E-state index contributed by atoms with van der Waals surface area (Å²) in [5, 5.41) is 0. The molecule has 1 aromatic rings. The minimum Gasteiger partial charge on any atom is -0.365 e. The smallest absolute Gasteiger partial charge is 0.252 e. The van der Waals surface area contributed by atoms with Gasteiger partial charge in [0.15, 0.2) is 0 Å². The Balaban J connectivity index is 1.69. The van der Waals surface area contributed by atoms with Gasteiger partial charge >= 0.3 is 0 Å². The van der Waals surface area contributed by atoms with Crippen LogP contribution in [0.15, 0.2) is 18.3 Å². The minimum atomic E-state index is -0.468. The fourth-order valence-corrected chi connectivity index (χ4v) is 2.57. The molecular formula is C14H18N4O2. The van der Waals surface area contributed by atoms with E-state index in [2.05, 4.69) is 4.98 Å². The molecule has 2 amide bonds. The monoisotopic (exact) mass is 274 g/mol. The van der Waals surface area contributed by atoms with Gasteiger partial charge in [-0.1, -0.05) is 0 Å². The van der Waals surface area contributed by atoms with Crippen LogP contribution in [0.5, 0.6) is 0 Å². The van der Waals surface area contributed by atoms with Crippen molar-refractivity contribution in [2.75, 3.05) is 31.1 Å². The molecule has 3 rings (SSSR count). The van der Waals surface area contributed by atoms with Crippen molar-refractivity contribution in [3.63, 3.8) is 0 Å². The summed E-state index contributed by atoms with van der Waals surface area (Å²) < 4.78 is 0. The highest BCUT2D eigenvalue weighted by molar-refractivity contribution is 5.97. The Kier molecular flexibility index (Phi) is 3.30. The van der Waals surface area contributed by atoms with Crippen molar-refractivity contribution in [1.29, 1.82) is 0 Å². The summed E-state index contributed by atoms with van der Waals surface area (Å²) in [4.78, 5) is 31.6. The van der Waals surface area contributed by atoms with Crippen LogP contribution >= 0.6 is 0 Å². The molecule has 2 aliphatic rings. The lowest BCUT2D eigenvalue weighted by atomic mass is 10.2. The second-order valence-corrected chi connectivity index (χ2v) is 5.33. The quantitative estimate of drug-likeness (QED) is 0.856. The van der Waals surface area contributed by atoms with Crippen molar-refractivity contribution >= 4 is 17.6 Å². The number of hydrogen-bond acceptors (Lipinski definition) is 4. The van der Waals surface area contributed by atoms with Gasteiger partial charge in [-0.25, -0.2) is 4.98 Å². The average molecular weight is 274 g/mol. The number of aromatic nitrogens is 1. The molecule has 6 nitrogen and oxygen atoms in total. The van der Waals surface area contributed by atoms with Gasteiger partial charge in [0, 0.05) is 38.3 Å². The zero-order valence-corrected chi connectivity index (χ0v) is 11.3. The molecule has 0 spiro atoms. The van der Waals surface area contributed by atoms with E-state index in [-0.39, 0.29) is 11.8 Å². The van der Waals surface area contributed by atoms with E-state index < -0.39 is 5.91 Å². The summed E-state index contributed by atoms with van der Waals surface area (Å²) in [6.45, 7) is 2.75. The van der Waals surface area contributed by atoms with Gasteiger partial charge in [0.05, 0.1) is 5.56 Å². The van der Waals surface area contributed by atoms with Crippen molar-refractivity contribution < 1.29 is 9.59 Å². The number of nitrogens with zero attached hydrogens (tertiary/aromatic N) is 3. The van der Waals surface area contributed by atoms with Gasteiger partial charge < -0.3 is 15.5 Å². The number of hydrogen-bond donors (Lipinski definition) is 1. The van der Waals surface area contributed by atoms with E-state index >= 15 is 0 Å². The van der Waals surface area contributed by atoms with Crippen molar-refractivity contribution in [1.82, 2.24) is 9.88 Å². The van der Waals surface area contributed by atoms with Crippen LogP contribution in [0, 0.1) is 5.92 Å². The summed E-state index contributed by atoms with van der Waals surface area (Å²) in [5.74, 6) is 0.696. The van der Waals surface area contributed by atoms with E-state index in [0.29, 0.717) is 37.6 Å². The number of anilines is 1. The van der Waals surface area contributed by atoms with Crippen LogP contribution in [-0.4, -0.2) is 47.9 Å². The van der Waals surface area contributed by atoms with E-state index in [9.17, 15) is 9.59 Å². The number of piperazine rings is 1. The number of amides is 2. The second-order valence-electron chi connectivity index (χ2n) is 5.33. The fraction of sp³-hybridized carbons (Fsp3) is 0.500. The van der Waals surface area contributed by atoms with Crippen LogP contribution in [0.25, 0.3) is 0 Å². The van der Waals surface area contributed by atoms with Crippen LogP contribution < -0.4 is 10.6 Å². The zero-order chi connectivity index (χ0) is 14.1. The highest BCUT2D eigenvalue weighted by atomic mass is 16.2. The third kappa shape index (κ3) is 2.45. The highest BCUT2D eigenvalue weighted by Crippen LogP contribution is 2.31. The summed E-state index contributed by atoms with van der Waals surface area (Å²) in [5.41, 5.74) is 5.81. The molecule has 1 aliphatic carbocycles. The second kappa shape index (κ2) is 5.11. The molecule has 20 heavy (non-hydrogen) atoms. The Bertz CT molecular complexity index is 534. The predicted molar refractivity (Wildman–Crippen MR) is 74.3 cm³/mol. The summed E-state index contributed by atoms with van der Waals surface area (Å²) >= 11 is 0. The molecular weight excluding hydrogens is 256 g/mol. The number of pyridine rings is 1. The Morgan fingerprint density at radius 2 is 1.90 bits per heavy atom. The summed E-state index contributed by atoms with van der Waals surface area (Å²) in [6, 6.07) is 3.39. The number of nitrogens with two attached hydrogens (primary N) is 1. The Labute approximate surface area is 117 Å². The maximum Gasteiger partial charge on any atom is 0.252 e. The van der Waals surface area contributed by atoms with Gasteiger partial charge in [-0.05, 0) is 25.0 Å². The maximum atomic E-state index is 12.0. The predicted octanol–water partition coefficient (Wildman–Crippen LogP) is 0.239. The molecule has 106 valence electrons. The third-order valence-electron chi connectivity index (χ3n) is 3.87. The molecule has 1 saturated carbocycles. The van der Waals surface area contributed by atoms with Gasteiger partial charge in [-0.2, -0.15) is 0 Å². The highest BCUT2D eigenvalue weighted by Gasteiger charge is 2.35. The SMILES string of the molecule is NC(=O)c1cccnc1N1CCN(C(=O)C2CC2)CC1. The standard InChI is InChI=1S/C14H18N4O2/c15-12(19)11-2-1-5-16-13(11)17-6-8-18(9-7-17)14(20)10-3-4-10/h1-2,5,10H,3-4,6-9H2,(H2,15,19). The first kappa shape index (κ1) is 12.9. The molecule has 6 heteroatoms. The lowest BCUT2D eigenvalue weighted by molar-refractivity contribution is -0.132. The molecule has 1 aromatic heterocycles. The molecule has 2 N–H and O–H groups in total. The van der Waals surface area contributed by atoms with E-state index in [1.54, 1.807) is 18.3 Å². The molecule has 2 heterocycles. The minimum absolute atomic E-state index is 0.262. The Morgan fingerprint density at radius 1 is 1.20 bits per heavy atom. The van der Waals surface area contributed by atoms with Gasteiger partial charge in [-0.3, -0.25) is 9.59 Å². The number of carbonyl (C=O) groups excluding carboxylic acids is 2. The first-order valence-corrected chi connectivity index (χ1v) is 6.95. The van der Waals surface area contributed by atoms with Crippen LogP contribution in [-0.2, 0) is 4.79 Å². The Hall–Kier alpha value is -2.11. The third-order valence-corrected chi connectivity index (χ3v) is 3.87. The van der Waals surface area contributed by atoms with Gasteiger partial charge in [-0.15, -0.1) is 0 Å². The normalized spacial score (nSPS) is 19.0. The molecule has 0 unspecified atom stereocenters. The fourth-order valence-electron chi connectivity index (χ4n) is 2.57. The van der Waals surface area contributed by atoms with Crippen molar-refractivity contribution in [2.24, 2.45) is 11.7 Å². The number of primary amides is 1. The molecule has 0 atom stereocenters. The lowest BCUT2D eigenvalue weighted by Crippen LogP contribution is -2.49. The van der Waals surface area contributed by atoms with Crippen LogP contribution in [0.2, 0.25) is 0 Å². The topological polar surface area (TPSA) is 79.5 Å². The average Bonchev–Trinajstić information content (AvgIpc) is 3.31. The van der Waals surface area contributed by atoms with Gasteiger partial charge in [0.25, 0.3) is 5.91 Å².